The van der Waals surface area contributed by atoms with Crippen LogP contribution in [0.2, 0.25) is 0 Å². The van der Waals surface area contributed by atoms with Gasteiger partial charge in [-0.1, -0.05) is 32.0 Å². The van der Waals surface area contributed by atoms with Gasteiger partial charge >= 0.3 is 12.4 Å². The Bertz CT molecular complexity index is 763. The molecule has 3 rings (SSSR count). The molecule has 0 aliphatic carbocycles. The summed E-state index contributed by atoms with van der Waals surface area (Å²) in [6.45, 7) is 5.13. The van der Waals surface area contributed by atoms with Crippen LogP contribution in [0.3, 0.4) is 0 Å². The second-order valence-corrected chi connectivity index (χ2v) is 6.59. The molecule has 1 N–H and O–H groups in total. The average molecular weight is 469 g/mol. The number of hydrogen-bond acceptors (Lipinski definition) is 3. The minimum absolute atomic E-state index is 0.0136. The summed E-state index contributed by atoms with van der Waals surface area (Å²) in [6, 6.07) is 9.51. The van der Waals surface area contributed by atoms with Crippen LogP contribution in [0.15, 0.2) is 48.5 Å². The van der Waals surface area contributed by atoms with Gasteiger partial charge in [-0.2, -0.15) is 26.3 Å². The second-order valence-electron chi connectivity index (χ2n) is 6.59. The Morgan fingerprint density at radius 3 is 1.88 bits per heavy atom. The molecule has 1 heterocycles. The number of morpholine rings is 1. The van der Waals surface area contributed by atoms with E-state index < -0.39 is 29.8 Å². The van der Waals surface area contributed by atoms with E-state index in [0.29, 0.717) is 6.54 Å². The predicted molar refractivity (Wildman–Crippen MR) is 106 cm³/mol. The summed E-state index contributed by atoms with van der Waals surface area (Å²) in [7, 11) is 0. The van der Waals surface area contributed by atoms with Gasteiger partial charge < -0.3 is 9.84 Å². The molecule has 1 fully saturated rings. The Morgan fingerprint density at radius 1 is 0.938 bits per heavy atom. The summed E-state index contributed by atoms with van der Waals surface area (Å²) in [6.07, 6.45) is -10.7. The van der Waals surface area contributed by atoms with Crippen molar-refractivity contribution in [1.82, 2.24) is 4.90 Å². The Morgan fingerprint density at radius 2 is 1.47 bits per heavy atom. The number of halogens is 7. The Balaban J connectivity index is 0.000000477. The van der Waals surface area contributed by atoms with Gasteiger partial charge in [-0.15, -0.1) is 0 Å². The van der Waals surface area contributed by atoms with E-state index >= 15 is 0 Å². The first-order valence-electron chi connectivity index (χ1n) is 9.96. The Kier molecular flexibility index (Phi) is 11.1. The van der Waals surface area contributed by atoms with Gasteiger partial charge in [-0.05, 0) is 42.3 Å². The smallest absolute Gasteiger partial charge is 0.367 e. The van der Waals surface area contributed by atoms with E-state index in [9.17, 15) is 35.8 Å². The molecular weight excluding hydrogens is 443 g/mol. The van der Waals surface area contributed by atoms with Crippen LogP contribution in [0.5, 0.6) is 0 Å². The molecule has 1 aliphatic heterocycles. The highest BCUT2D eigenvalue weighted by Gasteiger charge is 2.36. The molecule has 180 valence electrons. The van der Waals surface area contributed by atoms with Crippen LogP contribution < -0.4 is 0 Å². The number of hydrogen-bond donors (Lipinski definition) is 1. The lowest BCUT2D eigenvalue weighted by Crippen LogP contribution is -2.43. The van der Waals surface area contributed by atoms with Gasteiger partial charge in [0.25, 0.3) is 0 Å². The van der Waals surface area contributed by atoms with Crippen molar-refractivity contribution < 1.29 is 40.6 Å². The summed E-state index contributed by atoms with van der Waals surface area (Å²) < 4.78 is 93.3. The van der Waals surface area contributed by atoms with E-state index in [0.717, 1.165) is 12.1 Å². The van der Waals surface area contributed by atoms with Gasteiger partial charge in [0, 0.05) is 19.6 Å². The van der Waals surface area contributed by atoms with Gasteiger partial charge in [0.15, 0.2) is 6.29 Å². The maximum absolute atomic E-state index is 12.8. The highest BCUT2D eigenvalue weighted by atomic mass is 19.4. The van der Waals surface area contributed by atoms with Gasteiger partial charge in [-0.3, -0.25) is 4.90 Å². The number of aliphatic hydroxyl groups is 1. The van der Waals surface area contributed by atoms with Crippen LogP contribution in [0, 0.1) is 5.82 Å². The molecule has 1 aliphatic rings. The number of alkyl halides is 6. The molecule has 1 saturated heterocycles. The lowest BCUT2D eigenvalue weighted by Gasteiger charge is -2.30. The predicted octanol–water partition coefficient (Wildman–Crippen LogP) is 5.77. The number of aliphatic hydroxyl groups excluding tert-OH is 1. The molecule has 1 atom stereocenters. The van der Waals surface area contributed by atoms with Crippen molar-refractivity contribution in [3.63, 3.8) is 0 Å². The van der Waals surface area contributed by atoms with E-state index in [1.807, 2.05) is 13.8 Å². The van der Waals surface area contributed by atoms with Gasteiger partial charge in [0.1, 0.15) is 5.82 Å². The molecule has 0 saturated carbocycles. The van der Waals surface area contributed by atoms with Crippen LogP contribution >= 0.6 is 0 Å². The monoisotopic (exact) mass is 469 g/mol. The molecule has 0 amide bonds. The molecule has 0 aromatic heterocycles. The molecule has 0 radical (unpaired) electrons. The minimum Gasteiger partial charge on any atom is -0.367 e. The number of β-amino-alcohol motifs (C(OH)–C–C–N with tert-alkyl or cyclic N) is 1. The number of benzene rings is 2. The van der Waals surface area contributed by atoms with Crippen molar-refractivity contribution in [1.29, 1.82) is 0 Å². The molecule has 10 heteroatoms. The standard InChI is InChI=1S/C14H15F6NO2.C6H5F.C2H6/c15-13(16,17)10-5-9(6-11(7-10)14(18,19)20)1-2-21-3-4-23-12(22)8-21;7-6-4-2-1-3-5-6;1-2/h5-7,12,22H,1-4,8H2;1-5H;1-2H3. The zero-order valence-corrected chi connectivity index (χ0v) is 17.7. The Labute approximate surface area is 182 Å². The van der Waals surface area contributed by atoms with E-state index in [1.165, 1.54) is 12.1 Å². The van der Waals surface area contributed by atoms with Crippen molar-refractivity contribution in [2.75, 3.05) is 26.2 Å². The third-order valence-corrected chi connectivity index (χ3v) is 4.23. The maximum atomic E-state index is 12.8. The molecular formula is C22H26F7NO2. The van der Waals surface area contributed by atoms with Gasteiger partial charge in [0.05, 0.1) is 17.7 Å². The average Bonchev–Trinajstić information content (AvgIpc) is 2.73. The molecule has 0 spiro atoms. The lowest BCUT2D eigenvalue weighted by atomic mass is 10.0. The van der Waals surface area contributed by atoms with E-state index in [4.69, 9.17) is 4.74 Å². The van der Waals surface area contributed by atoms with E-state index in [1.54, 1.807) is 23.1 Å². The fourth-order valence-electron chi connectivity index (χ4n) is 2.75. The number of rotatable bonds is 3. The van der Waals surface area contributed by atoms with Crippen LogP contribution in [0.25, 0.3) is 0 Å². The van der Waals surface area contributed by atoms with Crippen LogP contribution in [0.4, 0.5) is 30.7 Å². The van der Waals surface area contributed by atoms with E-state index in [2.05, 4.69) is 0 Å². The molecule has 2 aromatic carbocycles. The molecule has 0 bridgehead atoms. The molecule has 2 aromatic rings. The van der Waals surface area contributed by atoms with Crippen molar-refractivity contribution >= 4 is 0 Å². The largest absolute Gasteiger partial charge is 0.416 e. The highest BCUT2D eigenvalue weighted by Crippen LogP contribution is 2.36. The third-order valence-electron chi connectivity index (χ3n) is 4.23. The topological polar surface area (TPSA) is 32.7 Å². The van der Waals surface area contributed by atoms with Crippen molar-refractivity contribution in [3.05, 3.63) is 71.0 Å². The quantitative estimate of drug-likeness (QED) is 0.580. The lowest BCUT2D eigenvalue weighted by molar-refractivity contribution is -0.145. The van der Waals surface area contributed by atoms with Crippen molar-refractivity contribution in [2.45, 2.75) is 38.9 Å². The normalized spacial score (nSPS) is 17.0. The molecule has 3 nitrogen and oxygen atoms in total. The van der Waals surface area contributed by atoms with E-state index in [-0.39, 0.29) is 43.6 Å². The Hall–Kier alpha value is -2.17. The number of ether oxygens (including phenoxy) is 1. The first kappa shape index (κ1) is 27.9. The SMILES string of the molecule is CC.Fc1ccccc1.OC1CN(CCc2cc(C(F)(F)F)cc(C(F)(F)F)c2)CCO1. The summed E-state index contributed by atoms with van der Waals surface area (Å²) in [4.78, 5) is 1.72. The third kappa shape index (κ3) is 9.97. The first-order chi connectivity index (χ1) is 14.9. The summed E-state index contributed by atoms with van der Waals surface area (Å²) in [5.41, 5.74) is -2.68. The fraction of sp³-hybridized carbons (Fsp3) is 0.455. The van der Waals surface area contributed by atoms with Crippen molar-refractivity contribution in [2.24, 2.45) is 0 Å². The van der Waals surface area contributed by atoms with Gasteiger partial charge in [-0.25, -0.2) is 4.39 Å². The summed E-state index contributed by atoms with van der Waals surface area (Å²) in [5.74, 6) is -0.178. The van der Waals surface area contributed by atoms with Gasteiger partial charge in [0.2, 0.25) is 0 Å². The fourth-order valence-corrected chi connectivity index (χ4v) is 2.75. The highest BCUT2D eigenvalue weighted by molar-refractivity contribution is 5.33. The zero-order chi connectivity index (χ0) is 24.4. The van der Waals surface area contributed by atoms with Crippen LogP contribution in [-0.4, -0.2) is 42.5 Å². The number of nitrogens with zero attached hydrogens (tertiary/aromatic N) is 1. The minimum atomic E-state index is -4.84. The summed E-state index contributed by atoms with van der Waals surface area (Å²) in [5, 5.41) is 9.32. The van der Waals surface area contributed by atoms with Crippen LogP contribution in [-0.2, 0) is 23.5 Å². The first-order valence-corrected chi connectivity index (χ1v) is 9.96. The summed E-state index contributed by atoms with van der Waals surface area (Å²) >= 11 is 0. The maximum Gasteiger partial charge on any atom is 0.416 e. The van der Waals surface area contributed by atoms with Crippen LogP contribution in [0.1, 0.15) is 30.5 Å². The second kappa shape index (κ2) is 12.8. The van der Waals surface area contributed by atoms with Crippen molar-refractivity contribution in [3.8, 4) is 0 Å². The zero-order valence-electron chi connectivity index (χ0n) is 17.7. The molecule has 1 unspecified atom stereocenters. The molecule has 32 heavy (non-hydrogen) atoms.